The molecular weight excluding hydrogens is 993 g/mol. The molecule has 0 spiro atoms. The van der Waals surface area contributed by atoms with E-state index >= 15 is 0 Å². The van der Waals surface area contributed by atoms with Gasteiger partial charge in [-0.1, -0.05) is 25.5 Å². The van der Waals surface area contributed by atoms with Crippen molar-refractivity contribution in [3.05, 3.63) is 75.3 Å². The van der Waals surface area contributed by atoms with E-state index in [1.165, 1.54) is 31.3 Å². The van der Waals surface area contributed by atoms with Crippen molar-refractivity contribution in [1.82, 2.24) is 4.98 Å². The third-order valence-corrected chi connectivity index (χ3v) is 14.4. The van der Waals surface area contributed by atoms with Gasteiger partial charge in [0.15, 0.2) is 18.3 Å². The Bertz CT molecular complexity index is 2630. The van der Waals surface area contributed by atoms with Gasteiger partial charge in [-0.05, 0) is 76.6 Å². The maximum atomic E-state index is 14.8. The molecule has 6 rings (SSSR count). The molecule has 4 heterocycles. The fraction of sp³-hybridized carbons (Fsp3) is 0.569. The first-order valence-electron chi connectivity index (χ1n) is 24.0. The molecule has 0 amide bonds. The van der Waals surface area contributed by atoms with E-state index in [0.717, 1.165) is 55.8 Å². The summed E-state index contributed by atoms with van der Waals surface area (Å²) in [6, 6.07) is 8.63. The molecule has 3 saturated heterocycles. The van der Waals surface area contributed by atoms with E-state index in [9.17, 15) is 48.8 Å². The van der Waals surface area contributed by atoms with Gasteiger partial charge in [-0.15, -0.1) is 17.9 Å². The number of nitro groups is 1. The van der Waals surface area contributed by atoms with Gasteiger partial charge in [0, 0.05) is 50.8 Å². The number of rotatable bonds is 13. The summed E-state index contributed by atoms with van der Waals surface area (Å²) < 4.78 is 57.7. The Hall–Kier alpha value is -6.56. The number of cyclic esters (lactones) is 1. The molecule has 3 fully saturated rings. The van der Waals surface area contributed by atoms with E-state index in [4.69, 9.17) is 47.4 Å². The Labute approximate surface area is 430 Å². The first kappa shape index (κ1) is 56.7. The molecule has 12 atom stereocenters. The van der Waals surface area contributed by atoms with Gasteiger partial charge in [-0.25, -0.2) is 14.6 Å². The Kier molecular flexibility index (Phi) is 18.2. The van der Waals surface area contributed by atoms with E-state index in [2.05, 4.69) is 11.6 Å². The van der Waals surface area contributed by atoms with Gasteiger partial charge >= 0.3 is 36.0 Å². The number of hydrogen-bond acceptors (Lipinski definition) is 22. The van der Waals surface area contributed by atoms with Gasteiger partial charge in [-0.2, -0.15) is 0 Å². The minimum absolute atomic E-state index is 0.0456. The number of epoxide rings is 1. The number of nitrogens with zero attached hydrogens (tertiary/aromatic N) is 2. The molecular formula is C51H62N2O20S. The normalized spacial score (nSPS) is 29.3. The zero-order valence-corrected chi connectivity index (χ0v) is 43.4. The number of carbonyl (C=O) groups is 7. The third kappa shape index (κ3) is 13.6. The number of hydrogen-bond donors (Lipinski definition) is 1. The number of aliphatic hydroxyl groups is 1. The van der Waals surface area contributed by atoms with Crippen molar-refractivity contribution in [2.24, 2.45) is 17.3 Å². The molecule has 1 aromatic heterocycles. The molecule has 0 radical (unpaired) electrons. The monoisotopic (exact) mass is 1050 g/mol. The zero-order chi connectivity index (χ0) is 54.4. The van der Waals surface area contributed by atoms with Crippen LogP contribution >= 0.6 is 11.3 Å². The van der Waals surface area contributed by atoms with Crippen LogP contribution in [0.15, 0.2) is 49.1 Å². The van der Waals surface area contributed by atoms with Crippen molar-refractivity contribution in [2.75, 3.05) is 7.11 Å². The Morgan fingerprint density at radius 3 is 2.30 bits per heavy atom. The number of ether oxygens (including phenoxy) is 10. The molecule has 0 aliphatic carbocycles. The van der Waals surface area contributed by atoms with Crippen molar-refractivity contribution in [3.8, 4) is 5.75 Å². The molecule has 3 aliphatic rings. The average Bonchev–Trinajstić information content (AvgIpc) is 3.80. The van der Waals surface area contributed by atoms with Crippen LogP contribution in [-0.2, 0) is 78.0 Å². The lowest BCUT2D eigenvalue weighted by molar-refractivity contribution is -0.385. The van der Waals surface area contributed by atoms with E-state index in [-0.39, 0.29) is 36.2 Å². The van der Waals surface area contributed by atoms with Crippen LogP contribution in [0.4, 0.5) is 10.5 Å². The van der Waals surface area contributed by atoms with Crippen LogP contribution in [0.5, 0.6) is 5.75 Å². The van der Waals surface area contributed by atoms with Gasteiger partial charge in [0.05, 0.1) is 56.9 Å². The topological polar surface area (TPSA) is 291 Å². The minimum atomic E-state index is -1.90. The number of esters is 5. The predicted molar refractivity (Wildman–Crippen MR) is 258 cm³/mol. The summed E-state index contributed by atoms with van der Waals surface area (Å²) in [6.07, 6.45) is -11.4. The lowest BCUT2D eigenvalue weighted by Crippen LogP contribution is -2.64. The van der Waals surface area contributed by atoms with Crippen molar-refractivity contribution >= 4 is 69.0 Å². The number of allylic oxidation sites excluding steroid dienone is 1. The standard InChI is InChI=1S/C51H62N2O20S/c1-11-13-33-41(58)25(2)14-12-19-51(9)39(73-51)22-36(30-15-18-37-34(21-30)52-26(3)74-37)69-40(57)23-38(50(7,8)46(33)59)71-49(61)65-24-31-20-32(53(62)63)16-17-35(31)70-48-45(68-29(6)56)43(67-28(5)55)42(66-27(4)54)44(72-48)47(60)64-10/h11,15-18,20-21,25,33,36,38-39,41-45,48,58H,1,12-14,19,22-24H2,2-10H3/t25-,33+,36-,38-,39+,41-,42-,43-,44-,45+,48+,51-/m0/s1. The summed E-state index contributed by atoms with van der Waals surface area (Å²) in [7, 11) is 0.992. The quantitative estimate of drug-likeness (QED) is 0.0460. The maximum Gasteiger partial charge on any atom is 0.508 e. The number of aryl methyl sites for hydroxylation is 1. The lowest BCUT2D eigenvalue weighted by Gasteiger charge is -2.43. The third-order valence-electron chi connectivity index (χ3n) is 13.4. The average molecular weight is 1060 g/mol. The summed E-state index contributed by atoms with van der Waals surface area (Å²) in [5.41, 5.74) is -1.65. The van der Waals surface area contributed by atoms with E-state index in [0.29, 0.717) is 30.3 Å². The van der Waals surface area contributed by atoms with Crippen molar-refractivity contribution < 1.29 is 91.0 Å². The maximum absolute atomic E-state index is 14.8. The number of thiazole rings is 1. The molecule has 22 nitrogen and oxygen atoms in total. The number of aliphatic hydroxyl groups excluding tert-OH is 1. The number of ketones is 1. The van der Waals surface area contributed by atoms with Crippen LogP contribution in [0.25, 0.3) is 10.2 Å². The highest BCUT2D eigenvalue weighted by atomic mass is 32.1. The summed E-state index contributed by atoms with van der Waals surface area (Å²) >= 11 is 1.51. The van der Waals surface area contributed by atoms with Crippen LogP contribution in [0.3, 0.4) is 0 Å². The Morgan fingerprint density at radius 1 is 0.973 bits per heavy atom. The molecule has 2 aromatic carbocycles. The highest BCUT2D eigenvalue weighted by Crippen LogP contribution is 2.47. The van der Waals surface area contributed by atoms with Gasteiger partial charge in [0.2, 0.25) is 12.4 Å². The van der Waals surface area contributed by atoms with Crippen LogP contribution in [-0.4, -0.2) is 119 Å². The SMILES string of the molecule is C=CC[C@H]1C(=O)C(C)(C)[C@@H](OC(=O)OCc2cc([N+](=O)[O-])ccc2O[C@@H]2O[C@H](C(=O)OC)[C@@H](OC(C)=O)[C@H](OC(C)=O)[C@H]2OC(C)=O)CC(=O)O[C@H](c2ccc3sc(C)nc3c2)C[C@H]2O[C@@]2(C)CCC[C@H](C)[C@@H]1O. The summed E-state index contributed by atoms with van der Waals surface area (Å²) in [5, 5.41) is 24.6. The number of benzene rings is 2. The molecule has 74 heavy (non-hydrogen) atoms. The molecule has 3 aromatic rings. The summed E-state index contributed by atoms with van der Waals surface area (Å²) in [4.78, 5) is 109. The largest absolute Gasteiger partial charge is 0.508 e. The fourth-order valence-corrected chi connectivity index (χ4v) is 10.2. The molecule has 3 aliphatic heterocycles. The van der Waals surface area contributed by atoms with E-state index in [1.807, 2.05) is 39.0 Å². The number of methoxy groups -OCH3 is 1. The van der Waals surface area contributed by atoms with Crippen LogP contribution in [0, 0.1) is 34.3 Å². The zero-order valence-electron chi connectivity index (χ0n) is 42.6. The molecule has 0 unspecified atom stereocenters. The van der Waals surface area contributed by atoms with Crippen molar-refractivity contribution in [3.63, 3.8) is 0 Å². The predicted octanol–water partition coefficient (Wildman–Crippen LogP) is 6.80. The highest BCUT2D eigenvalue weighted by Gasteiger charge is 2.57. The Morgan fingerprint density at radius 2 is 1.65 bits per heavy atom. The highest BCUT2D eigenvalue weighted by molar-refractivity contribution is 7.18. The Balaban J connectivity index is 1.32. The van der Waals surface area contributed by atoms with Gasteiger partial charge < -0.3 is 52.5 Å². The van der Waals surface area contributed by atoms with Gasteiger partial charge in [-0.3, -0.25) is 34.1 Å². The second kappa shape index (κ2) is 23.8. The molecule has 23 heteroatoms. The van der Waals surface area contributed by atoms with Crippen LogP contribution in [0.1, 0.15) is 109 Å². The van der Waals surface area contributed by atoms with E-state index in [1.54, 1.807) is 0 Å². The first-order chi connectivity index (χ1) is 34.8. The number of nitro benzene ring substituents is 1. The van der Waals surface area contributed by atoms with E-state index < -0.39 is 131 Å². The van der Waals surface area contributed by atoms with Gasteiger partial charge in [0.25, 0.3) is 5.69 Å². The number of carbonyl (C=O) groups excluding carboxylic acids is 7. The molecule has 1 N–H and O–H groups in total. The summed E-state index contributed by atoms with van der Waals surface area (Å²) in [5.74, 6) is -7.15. The first-order valence-corrected chi connectivity index (χ1v) is 24.8. The number of non-ortho nitro benzene ring substituents is 1. The molecule has 402 valence electrons. The molecule has 0 bridgehead atoms. The number of fused-ring (bicyclic) bond motifs is 2. The van der Waals surface area contributed by atoms with Crippen LogP contribution in [0.2, 0.25) is 0 Å². The van der Waals surface area contributed by atoms with Gasteiger partial charge in [0.1, 0.15) is 30.3 Å². The van der Waals surface area contributed by atoms with Crippen molar-refractivity contribution in [1.29, 1.82) is 0 Å². The number of aromatic nitrogens is 1. The smallest absolute Gasteiger partial charge is 0.467 e. The number of Topliss-reactive ketones (excluding diaryl/α,β-unsaturated/α-hetero) is 1. The minimum Gasteiger partial charge on any atom is -0.467 e. The summed E-state index contributed by atoms with van der Waals surface area (Å²) in [6.45, 7) is 14.6. The second-order valence-corrected chi connectivity index (χ2v) is 20.6. The van der Waals surface area contributed by atoms with Crippen molar-refractivity contribution in [2.45, 2.75) is 161 Å². The second-order valence-electron chi connectivity index (χ2n) is 19.4. The fourth-order valence-electron chi connectivity index (χ4n) is 9.37. The van der Waals surface area contributed by atoms with Crippen LogP contribution < -0.4 is 4.74 Å². The molecule has 0 saturated carbocycles. The lowest BCUT2D eigenvalue weighted by atomic mass is 9.71.